The van der Waals surface area contributed by atoms with Crippen LogP contribution in [0.15, 0.2) is 67.1 Å². The molecule has 0 saturated carbocycles. The van der Waals surface area contributed by atoms with Crippen molar-refractivity contribution < 1.29 is 9.53 Å². The molecule has 1 aliphatic rings. The van der Waals surface area contributed by atoms with Gasteiger partial charge in [-0.2, -0.15) is 0 Å². The molecule has 1 aromatic carbocycles. The molecule has 4 rings (SSSR count). The molecule has 0 fully saturated rings. The molecule has 1 unspecified atom stereocenters. The number of aryl methyl sites for hydroxylation is 1. The standard InChI is InChI=1S/C22H23N3O2/c1-17-4-2-5-19(12-17)22(26)25-13-20-6-3-11-24(20)14-21(15-25)27-16-18-7-9-23-10-8-18/h2-12,21H,13-16H2,1H3. The van der Waals surface area contributed by atoms with Crippen LogP contribution in [-0.4, -0.2) is 33.0 Å². The quantitative estimate of drug-likeness (QED) is 0.715. The minimum Gasteiger partial charge on any atom is -0.370 e. The van der Waals surface area contributed by atoms with Crippen LogP contribution in [0.3, 0.4) is 0 Å². The predicted octanol–water partition coefficient (Wildman–Crippen LogP) is 3.43. The molecule has 5 heteroatoms. The van der Waals surface area contributed by atoms with Gasteiger partial charge in [-0.25, -0.2) is 0 Å². The SMILES string of the molecule is Cc1cccc(C(=O)N2Cc3cccn3CC(OCc3ccncc3)C2)c1. The van der Waals surface area contributed by atoms with Crippen LogP contribution in [0, 0.1) is 6.92 Å². The Hall–Kier alpha value is -2.92. The Labute approximate surface area is 159 Å². The van der Waals surface area contributed by atoms with Gasteiger partial charge in [-0.3, -0.25) is 9.78 Å². The van der Waals surface area contributed by atoms with Crippen LogP contribution >= 0.6 is 0 Å². The third-order valence-corrected chi connectivity index (χ3v) is 4.89. The molecular formula is C22H23N3O2. The number of ether oxygens (including phenoxy) is 1. The monoisotopic (exact) mass is 361 g/mol. The lowest BCUT2D eigenvalue weighted by Gasteiger charge is -2.24. The molecule has 0 saturated heterocycles. The molecule has 0 bridgehead atoms. The van der Waals surface area contributed by atoms with E-state index in [2.05, 4.69) is 21.8 Å². The van der Waals surface area contributed by atoms with E-state index >= 15 is 0 Å². The molecule has 27 heavy (non-hydrogen) atoms. The van der Waals surface area contributed by atoms with Crippen LogP contribution in [0.1, 0.15) is 27.2 Å². The molecule has 1 atom stereocenters. The van der Waals surface area contributed by atoms with Gasteiger partial charge >= 0.3 is 0 Å². The molecule has 1 aliphatic heterocycles. The molecule has 3 aromatic rings. The van der Waals surface area contributed by atoms with Gasteiger partial charge < -0.3 is 14.2 Å². The highest BCUT2D eigenvalue weighted by Crippen LogP contribution is 2.19. The maximum atomic E-state index is 13.1. The second-order valence-corrected chi connectivity index (χ2v) is 7.00. The van der Waals surface area contributed by atoms with Crippen molar-refractivity contribution in [2.45, 2.75) is 32.7 Å². The Morgan fingerprint density at radius 3 is 2.81 bits per heavy atom. The third kappa shape index (κ3) is 4.09. The summed E-state index contributed by atoms with van der Waals surface area (Å²) >= 11 is 0. The number of hydrogen-bond acceptors (Lipinski definition) is 3. The van der Waals surface area contributed by atoms with Gasteiger partial charge in [0.15, 0.2) is 0 Å². The molecular weight excluding hydrogens is 338 g/mol. The Kier molecular flexibility index (Phi) is 5.03. The van der Waals surface area contributed by atoms with E-state index in [1.165, 1.54) is 0 Å². The summed E-state index contributed by atoms with van der Waals surface area (Å²) in [7, 11) is 0. The number of benzene rings is 1. The first-order valence-corrected chi connectivity index (χ1v) is 9.19. The Morgan fingerprint density at radius 2 is 2.00 bits per heavy atom. The Morgan fingerprint density at radius 1 is 1.15 bits per heavy atom. The van der Waals surface area contributed by atoms with Crippen molar-refractivity contribution in [3.05, 3.63) is 89.5 Å². The van der Waals surface area contributed by atoms with Crippen LogP contribution in [0.4, 0.5) is 0 Å². The summed E-state index contributed by atoms with van der Waals surface area (Å²) in [6.07, 6.45) is 5.52. The van der Waals surface area contributed by atoms with Crippen molar-refractivity contribution in [3.8, 4) is 0 Å². The summed E-state index contributed by atoms with van der Waals surface area (Å²) in [5.74, 6) is 0.0471. The highest BCUT2D eigenvalue weighted by atomic mass is 16.5. The second kappa shape index (κ2) is 7.76. The molecule has 0 aliphatic carbocycles. The normalized spacial score (nSPS) is 16.6. The number of carbonyl (C=O) groups excluding carboxylic acids is 1. The minimum absolute atomic E-state index is 0.0471. The molecule has 5 nitrogen and oxygen atoms in total. The first-order chi connectivity index (χ1) is 13.2. The number of pyridine rings is 1. The van der Waals surface area contributed by atoms with E-state index in [9.17, 15) is 4.79 Å². The fourth-order valence-electron chi connectivity index (χ4n) is 3.47. The summed E-state index contributed by atoms with van der Waals surface area (Å²) in [6.45, 7) is 4.42. The first kappa shape index (κ1) is 17.5. The van der Waals surface area contributed by atoms with Gasteiger partial charge in [0.2, 0.25) is 0 Å². The van der Waals surface area contributed by atoms with Crippen LogP contribution < -0.4 is 0 Å². The number of nitrogens with zero attached hydrogens (tertiary/aromatic N) is 3. The lowest BCUT2D eigenvalue weighted by Crippen LogP contribution is -2.37. The zero-order chi connectivity index (χ0) is 18.6. The first-order valence-electron chi connectivity index (χ1n) is 9.19. The van der Waals surface area contributed by atoms with Crippen molar-refractivity contribution in [3.63, 3.8) is 0 Å². The Balaban J connectivity index is 1.54. The maximum Gasteiger partial charge on any atom is 0.254 e. The molecule has 1 amide bonds. The molecule has 0 N–H and O–H groups in total. The fraction of sp³-hybridized carbons (Fsp3) is 0.273. The van der Waals surface area contributed by atoms with Crippen LogP contribution in [-0.2, 0) is 24.4 Å². The Bertz CT molecular complexity index is 920. The van der Waals surface area contributed by atoms with E-state index in [1.807, 2.05) is 54.3 Å². The maximum absolute atomic E-state index is 13.1. The van der Waals surface area contributed by atoms with Crippen molar-refractivity contribution in [1.29, 1.82) is 0 Å². The summed E-state index contributed by atoms with van der Waals surface area (Å²) in [5.41, 5.74) is 4.02. The number of amides is 1. The summed E-state index contributed by atoms with van der Waals surface area (Å²) < 4.78 is 8.35. The zero-order valence-electron chi connectivity index (χ0n) is 15.4. The minimum atomic E-state index is -0.0689. The van der Waals surface area contributed by atoms with E-state index in [-0.39, 0.29) is 12.0 Å². The zero-order valence-corrected chi connectivity index (χ0v) is 15.4. The second-order valence-electron chi connectivity index (χ2n) is 7.00. The van der Waals surface area contributed by atoms with E-state index in [1.54, 1.807) is 12.4 Å². The summed E-state index contributed by atoms with van der Waals surface area (Å²) in [6, 6.07) is 15.8. The molecule has 0 spiro atoms. The lowest BCUT2D eigenvalue weighted by atomic mass is 10.1. The van der Waals surface area contributed by atoms with Crippen molar-refractivity contribution in [2.75, 3.05) is 6.54 Å². The van der Waals surface area contributed by atoms with Gasteiger partial charge in [0.05, 0.1) is 25.8 Å². The largest absolute Gasteiger partial charge is 0.370 e. The van der Waals surface area contributed by atoms with Gasteiger partial charge in [0.1, 0.15) is 0 Å². The smallest absolute Gasteiger partial charge is 0.254 e. The predicted molar refractivity (Wildman–Crippen MR) is 103 cm³/mol. The summed E-state index contributed by atoms with van der Waals surface area (Å²) in [5, 5.41) is 0. The van der Waals surface area contributed by atoms with Gasteiger partial charge in [-0.05, 0) is 48.9 Å². The van der Waals surface area contributed by atoms with Gasteiger partial charge in [0.25, 0.3) is 5.91 Å². The number of fused-ring (bicyclic) bond motifs is 1. The number of carbonyl (C=O) groups is 1. The van der Waals surface area contributed by atoms with Crippen LogP contribution in [0.2, 0.25) is 0 Å². The van der Waals surface area contributed by atoms with Crippen molar-refractivity contribution >= 4 is 5.91 Å². The number of hydrogen-bond donors (Lipinski definition) is 0. The molecule has 0 radical (unpaired) electrons. The van der Waals surface area contributed by atoms with Gasteiger partial charge in [-0.1, -0.05) is 17.7 Å². The van der Waals surface area contributed by atoms with Crippen molar-refractivity contribution in [2.24, 2.45) is 0 Å². The lowest BCUT2D eigenvalue weighted by molar-refractivity contribution is 0.0105. The number of rotatable bonds is 4. The summed E-state index contributed by atoms with van der Waals surface area (Å²) in [4.78, 5) is 19.0. The average molecular weight is 361 g/mol. The third-order valence-electron chi connectivity index (χ3n) is 4.89. The van der Waals surface area contributed by atoms with E-state index in [4.69, 9.17) is 4.74 Å². The fourth-order valence-corrected chi connectivity index (χ4v) is 3.47. The molecule has 138 valence electrons. The van der Waals surface area contributed by atoms with Crippen LogP contribution in [0.25, 0.3) is 0 Å². The topological polar surface area (TPSA) is 47.4 Å². The highest BCUT2D eigenvalue weighted by Gasteiger charge is 2.26. The van der Waals surface area contributed by atoms with E-state index in [0.717, 1.165) is 28.9 Å². The van der Waals surface area contributed by atoms with E-state index in [0.29, 0.717) is 19.7 Å². The van der Waals surface area contributed by atoms with Gasteiger partial charge in [0, 0.05) is 36.4 Å². The molecule has 2 aromatic heterocycles. The average Bonchev–Trinajstić information content (AvgIpc) is 3.04. The van der Waals surface area contributed by atoms with E-state index < -0.39 is 0 Å². The highest BCUT2D eigenvalue weighted by molar-refractivity contribution is 5.94. The van der Waals surface area contributed by atoms with Crippen molar-refractivity contribution in [1.82, 2.24) is 14.5 Å². The van der Waals surface area contributed by atoms with Crippen LogP contribution in [0.5, 0.6) is 0 Å². The number of aromatic nitrogens is 2. The van der Waals surface area contributed by atoms with Gasteiger partial charge in [-0.15, -0.1) is 0 Å². The molecule has 3 heterocycles.